The summed E-state index contributed by atoms with van der Waals surface area (Å²) in [7, 11) is 1.51. The zero-order chi connectivity index (χ0) is 14.4. The maximum Gasteiger partial charge on any atom is 0.239 e. The van der Waals surface area contributed by atoms with E-state index in [1.54, 1.807) is 0 Å². The maximum atomic E-state index is 13.5. The number of halogens is 1. The van der Waals surface area contributed by atoms with E-state index in [4.69, 9.17) is 4.74 Å². The van der Waals surface area contributed by atoms with Crippen molar-refractivity contribution in [3.63, 3.8) is 0 Å². The topological polar surface area (TPSA) is 50.4 Å². The number of rotatable bonds is 6. The number of hydrogen-bond acceptors (Lipinski definition) is 3. The first-order valence-corrected chi connectivity index (χ1v) is 6.30. The molecule has 0 aliphatic carbocycles. The van der Waals surface area contributed by atoms with Gasteiger partial charge in [-0.05, 0) is 25.0 Å². The van der Waals surface area contributed by atoms with Gasteiger partial charge in [0.05, 0.1) is 19.3 Å². The van der Waals surface area contributed by atoms with Crippen LogP contribution >= 0.6 is 0 Å². The summed E-state index contributed by atoms with van der Waals surface area (Å²) in [5, 5.41) is 5.61. The summed E-state index contributed by atoms with van der Waals surface area (Å²) in [6, 6.07) is 4.44. The molecule has 19 heavy (non-hydrogen) atoms. The predicted octanol–water partition coefficient (Wildman–Crippen LogP) is 2.41. The normalized spacial score (nSPS) is 12.1. The van der Waals surface area contributed by atoms with E-state index >= 15 is 0 Å². The molecule has 0 aromatic heterocycles. The first-order valence-electron chi connectivity index (χ1n) is 6.30. The summed E-state index contributed by atoms with van der Waals surface area (Å²) in [5.74, 6) is 0.325. The van der Waals surface area contributed by atoms with Gasteiger partial charge in [0.15, 0.2) is 0 Å². The minimum absolute atomic E-state index is 0.0289. The lowest BCUT2D eigenvalue weighted by Gasteiger charge is -2.18. The van der Waals surface area contributed by atoms with Crippen LogP contribution in [0.15, 0.2) is 18.2 Å². The van der Waals surface area contributed by atoms with Crippen LogP contribution in [-0.2, 0) is 4.79 Å². The molecule has 0 fully saturated rings. The highest BCUT2D eigenvalue weighted by Gasteiger charge is 2.11. The fraction of sp³-hybridized carbons (Fsp3) is 0.500. The summed E-state index contributed by atoms with van der Waals surface area (Å²) in [5.41, 5.74) is 0.256. The minimum Gasteiger partial charge on any atom is -0.497 e. The van der Waals surface area contributed by atoms with Gasteiger partial charge in [-0.1, -0.05) is 13.8 Å². The second-order valence-corrected chi connectivity index (χ2v) is 4.80. The average molecular weight is 268 g/mol. The molecule has 1 aromatic carbocycles. The average Bonchev–Trinajstić information content (AvgIpc) is 2.37. The zero-order valence-corrected chi connectivity index (χ0v) is 11.8. The van der Waals surface area contributed by atoms with E-state index in [-0.39, 0.29) is 24.2 Å². The highest BCUT2D eigenvalue weighted by atomic mass is 19.1. The van der Waals surface area contributed by atoms with E-state index in [1.165, 1.54) is 25.3 Å². The predicted molar refractivity (Wildman–Crippen MR) is 73.9 cm³/mol. The van der Waals surface area contributed by atoms with E-state index in [2.05, 4.69) is 10.6 Å². The monoisotopic (exact) mass is 268 g/mol. The Hall–Kier alpha value is -1.78. The molecule has 0 heterocycles. The molecule has 0 saturated heterocycles. The Bertz CT molecular complexity index is 435. The third-order valence-corrected chi connectivity index (χ3v) is 3.00. The largest absolute Gasteiger partial charge is 0.497 e. The summed E-state index contributed by atoms with van der Waals surface area (Å²) in [4.78, 5) is 11.7. The number of ether oxygens (including phenoxy) is 1. The first-order chi connectivity index (χ1) is 8.93. The Labute approximate surface area is 113 Å². The molecular weight excluding hydrogens is 247 g/mol. The number of methoxy groups -OCH3 is 1. The van der Waals surface area contributed by atoms with Gasteiger partial charge in [-0.2, -0.15) is 0 Å². The van der Waals surface area contributed by atoms with Crippen LogP contribution in [0.5, 0.6) is 5.75 Å². The van der Waals surface area contributed by atoms with Gasteiger partial charge >= 0.3 is 0 Å². The van der Waals surface area contributed by atoms with Gasteiger partial charge in [-0.15, -0.1) is 0 Å². The molecular formula is C14H21FN2O2. The second-order valence-electron chi connectivity index (χ2n) is 4.80. The van der Waals surface area contributed by atoms with Crippen molar-refractivity contribution in [1.82, 2.24) is 5.32 Å². The molecule has 0 bridgehead atoms. The van der Waals surface area contributed by atoms with Crippen LogP contribution in [0.3, 0.4) is 0 Å². The van der Waals surface area contributed by atoms with Crippen molar-refractivity contribution in [3.8, 4) is 5.75 Å². The first kappa shape index (κ1) is 15.3. The SMILES string of the molecule is COc1ccc(F)c(NCC(=O)NC(C)C(C)C)c1. The van der Waals surface area contributed by atoms with Crippen LogP contribution in [-0.4, -0.2) is 25.6 Å². The number of benzene rings is 1. The molecule has 1 unspecified atom stereocenters. The highest BCUT2D eigenvalue weighted by molar-refractivity contribution is 5.81. The Morgan fingerprint density at radius 2 is 2.05 bits per heavy atom. The van der Waals surface area contributed by atoms with Crippen LogP contribution in [0.1, 0.15) is 20.8 Å². The molecule has 0 aliphatic rings. The molecule has 0 radical (unpaired) electrons. The van der Waals surface area contributed by atoms with Crippen molar-refractivity contribution in [2.75, 3.05) is 19.0 Å². The van der Waals surface area contributed by atoms with Crippen molar-refractivity contribution in [3.05, 3.63) is 24.0 Å². The summed E-state index contributed by atoms with van der Waals surface area (Å²) in [6.07, 6.45) is 0. The molecule has 1 atom stereocenters. The second kappa shape index (κ2) is 6.97. The number of nitrogens with one attached hydrogen (secondary N) is 2. The van der Waals surface area contributed by atoms with Gasteiger partial charge in [0, 0.05) is 12.1 Å². The molecule has 106 valence electrons. The molecule has 0 saturated carbocycles. The molecule has 0 spiro atoms. The summed E-state index contributed by atoms with van der Waals surface area (Å²) >= 11 is 0. The van der Waals surface area contributed by atoms with Gasteiger partial charge in [-0.25, -0.2) is 4.39 Å². The fourth-order valence-electron chi connectivity index (χ4n) is 1.41. The van der Waals surface area contributed by atoms with Crippen molar-refractivity contribution >= 4 is 11.6 Å². The smallest absolute Gasteiger partial charge is 0.239 e. The van der Waals surface area contributed by atoms with Crippen LogP contribution in [0.4, 0.5) is 10.1 Å². The lowest BCUT2D eigenvalue weighted by atomic mass is 10.1. The molecule has 1 amide bonds. The summed E-state index contributed by atoms with van der Waals surface area (Å²) in [6.45, 7) is 6.02. The Morgan fingerprint density at radius 3 is 2.63 bits per heavy atom. The number of anilines is 1. The Morgan fingerprint density at radius 1 is 1.37 bits per heavy atom. The van der Waals surface area contributed by atoms with Gasteiger partial charge in [0.2, 0.25) is 5.91 Å². The molecule has 5 heteroatoms. The zero-order valence-electron chi connectivity index (χ0n) is 11.8. The van der Waals surface area contributed by atoms with Crippen molar-refractivity contribution < 1.29 is 13.9 Å². The van der Waals surface area contributed by atoms with E-state index in [1.807, 2.05) is 20.8 Å². The number of carbonyl (C=O) groups excluding carboxylic acids is 1. The molecule has 0 aliphatic heterocycles. The highest BCUT2D eigenvalue weighted by Crippen LogP contribution is 2.20. The fourth-order valence-corrected chi connectivity index (χ4v) is 1.41. The molecule has 2 N–H and O–H groups in total. The standard InChI is InChI=1S/C14H21FN2O2/c1-9(2)10(3)17-14(18)8-16-13-7-11(19-4)5-6-12(13)15/h5-7,9-10,16H,8H2,1-4H3,(H,17,18). The number of amides is 1. The van der Waals surface area contributed by atoms with Gasteiger partial charge in [0.25, 0.3) is 0 Å². The lowest BCUT2D eigenvalue weighted by Crippen LogP contribution is -2.39. The summed E-state index contributed by atoms with van der Waals surface area (Å²) < 4.78 is 18.5. The molecule has 1 rings (SSSR count). The van der Waals surface area contributed by atoms with Crippen molar-refractivity contribution in [2.24, 2.45) is 5.92 Å². The minimum atomic E-state index is -0.412. The lowest BCUT2D eigenvalue weighted by molar-refractivity contribution is -0.120. The number of carbonyl (C=O) groups is 1. The van der Waals surface area contributed by atoms with Gasteiger partial charge < -0.3 is 15.4 Å². The van der Waals surface area contributed by atoms with E-state index in [0.717, 1.165) is 0 Å². The third-order valence-electron chi connectivity index (χ3n) is 3.00. The van der Waals surface area contributed by atoms with Crippen molar-refractivity contribution in [1.29, 1.82) is 0 Å². The van der Waals surface area contributed by atoms with Crippen LogP contribution in [0.2, 0.25) is 0 Å². The van der Waals surface area contributed by atoms with Crippen molar-refractivity contribution in [2.45, 2.75) is 26.8 Å². The third kappa shape index (κ3) is 4.77. The van der Waals surface area contributed by atoms with E-state index in [0.29, 0.717) is 11.7 Å². The molecule has 1 aromatic rings. The Kier molecular flexibility index (Phi) is 5.60. The van der Waals surface area contributed by atoms with Crippen LogP contribution in [0, 0.1) is 11.7 Å². The van der Waals surface area contributed by atoms with E-state index < -0.39 is 5.82 Å². The van der Waals surface area contributed by atoms with Crippen LogP contribution in [0.25, 0.3) is 0 Å². The van der Waals surface area contributed by atoms with Crippen LogP contribution < -0.4 is 15.4 Å². The van der Waals surface area contributed by atoms with Gasteiger partial charge in [-0.3, -0.25) is 4.79 Å². The quantitative estimate of drug-likeness (QED) is 0.833. The van der Waals surface area contributed by atoms with E-state index in [9.17, 15) is 9.18 Å². The Balaban J connectivity index is 2.54. The number of hydrogen-bond donors (Lipinski definition) is 2. The molecule has 4 nitrogen and oxygen atoms in total. The van der Waals surface area contributed by atoms with Gasteiger partial charge in [0.1, 0.15) is 11.6 Å². The maximum absolute atomic E-state index is 13.5.